The molecule has 4 atom stereocenters. The summed E-state index contributed by atoms with van der Waals surface area (Å²) in [7, 11) is 0. The van der Waals surface area contributed by atoms with Crippen molar-refractivity contribution in [1.82, 2.24) is 5.32 Å². The molecule has 1 aliphatic heterocycles. The molecule has 0 aromatic carbocycles. The predicted molar refractivity (Wildman–Crippen MR) is 67.9 cm³/mol. The molecule has 0 aromatic rings. The van der Waals surface area contributed by atoms with Crippen molar-refractivity contribution >= 4 is 0 Å². The van der Waals surface area contributed by atoms with Gasteiger partial charge in [0.25, 0.3) is 0 Å². The molecule has 0 radical (unpaired) electrons. The quantitative estimate of drug-likeness (QED) is 0.852. The molecule has 1 saturated heterocycles. The van der Waals surface area contributed by atoms with E-state index in [2.05, 4.69) is 5.32 Å². The van der Waals surface area contributed by atoms with E-state index in [-0.39, 0.29) is 17.9 Å². The largest absolute Gasteiger partial charge is 0.392 e. The average Bonchev–Trinajstić information content (AvgIpc) is 2.88. The van der Waals surface area contributed by atoms with Crippen LogP contribution in [-0.4, -0.2) is 32.0 Å². The van der Waals surface area contributed by atoms with E-state index in [0.717, 1.165) is 19.4 Å². The summed E-state index contributed by atoms with van der Waals surface area (Å²) < 4.78 is 45.0. The van der Waals surface area contributed by atoms with Crippen molar-refractivity contribution < 1.29 is 17.9 Å². The van der Waals surface area contributed by atoms with E-state index < -0.39 is 12.1 Å². The second-order valence-corrected chi connectivity index (χ2v) is 5.80. The van der Waals surface area contributed by atoms with E-state index in [4.69, 9.17) is 4.74 Å². The number of hydrogen-bond donors (Lipinski definition) is 1. The van der Waals surface area contributed by atoms with Gasteiger partial charge in [0.15, 0.2) is 0 Å². The van der Waals surface area contributed by atoms with E-state index in [0.29, 0.717) is 32.5 Å². The molecule has 1 aliphatic carbocycles. The fourth-order valence-corrected chi connectivity index (χ4v) is 3.74. The Morgan fingerprint density at radius 3 is 2.53 bits per heavy atom. The molecule has 5 heteroatoms. The number of halogens is 3. The van der Waals surface area contributed by atoms with Crippen LogP contribution >= 0.6 is 0 Å². The summed E-state index contributed by atoms with van der Waals surface area (Å²) in [5.41, 5.74) is 0. The van der Waals surface area contributed by atoms with Gasteiger partial charge in [0, 0.05) is 18.6 Å². The first-order valence-electron chi connectivity index (χ1n) is 7.42. The third kappa shape index (κ3) is 3.63. The Morgan fingerprint density at radius 1 is 1.21 bits per heavy atom. The highest BCUT2D eigenvalue weighted by molar-refractivity contribution is 4.92. The fourth-order valence-electron chi connectivity index (χ4n) is 3.74. The van der Waals surface area contributed by atoms with Crippen molar-refractivity contribution in [3.63, 3.8) is 0 Å². The summed E-state index contributed by atoms with van der Waals surface area (Å²) in [5, 5.41) is 3.32. The number of ether oxygens (including phenoxy) is 1. The third-order valence-electron chi connectivity index (χ3n) is 4.61. The van der Waals surface area contributed by atoms with E-state index in [1.807, 2.05) is 6.92 Å². The Bertz CT molecular complexity index is 276. The van der Waals surface area contributed by atoms with E-state index in [1.165, 1.54) is 0 Å². The van der Waals surface area contributed by atoms with Gasteiger partial charge >= 0.3 is 6.18 Å². The van der Waals surface area contributed by atoms with Gasteiger partial charge in [-0.15, -0.1) is 0 Å². The van der Waals surface area contributed by atoms with Crippen molar-refractivity contribution in [2.24, 2.45) is 17.8 Å². The van der Waals surface area contributed by atoms with Gasteiger partial charge in [0.1, 0.15) is 0 Å². The molecule has 2 fully saturated rings. The van der Waals surface area contributed by atoms with Crippen LogP contribution in [0.2, 0.25) is 0 Å². The minimum atomic E-state index is -4.06. The second kappa shape index (κ2) is 6.44. The lowest BCUT2D eigenvalue weighted by Gasteiger charge is -2.40. The van der Waals surface area contributed by atoms with Gasteiger partial charge in [-0.3, -0.25) is 0 Å². The lowest BCUT2D eigenvalue weighted by molar-refractivity contribution is -0.200. The Kier molecular flexibility index (Phi) is 5.12. The lowest BCUT2D eigenvalue weighted by atomic mass is 9.71. The maximum absolute atomic E-state index is 13.2. The average molecular weight is 279 g/mol. The summed E-state index contributed by atoms with van der Waals surface area (Å²) in [6.45, 7) is 3.99. The van der Waals surface area contributed by atoms with Gasteiger partial charge < -0.3 is 10.1 Å². The number of alkyl halides is 3. The van der Waals surface area contributed by atoms with Crippen LogP contribution in [0.4, 0.5) is 13.2 Å². The molecule has 112 valence electrons. The normalized spacial score (nSPS) is 34.4. The highest BCUT2D eigenvalue weighted by Crippen LogP contribution is 2.44. The molecule has 1 heterocycles. The maximum atomic E-state index is 13.2. The summed E-state index contributed by atoms with van der Waals surface area (Å²) in [6.07, 6.45) is -0.549. The highest BCUT2D eigenvalue weighted by Gasteiger charge is 2.49. The molecule has 2 nitrogen and oxygen atoms in total. The molecule has 2 rings (SSSR count). The smallest absolute Gasteiger partial charge is 0.381 e. The lowest BCUT2D eigenvalue weighted by Crippen LogP contribution is -2.49. The number of nitrogens with one attached hydrogen (secondary N) is 1. The molecule has 0 spiro atoms. The molecular formula is C14H24F3NO. The SMILES string of the molecule is CCNC(C1CCOC1)C1CCCCC1C(F)(F)F. The predicted octanol–water partition coefficient (Wildman–Crippen LogP) is 3.37. The summed E-state index contributed by atoms with van der Waals surface area (Å²) in [4.78, 5) is 0. The monoisotopic (exact) mass is 279 g/mol. The van der Waals surface area contributed by atoms with Crippen LogP contribution in [0.1, 0.15) is 39.0 Å². The Morgan fingerprint density at radius 2 is 1.95 bits per heavy atom. The first-order chi connectivity index (χ1) is 9.04. The first kappa shape index (κ1) is 15.1. The van der Waals surface area contributed by atoms with Crippen molar-refractivity contribution in [2.75, 3.05) is 19.8 Å². The van der Waals surface area contributed by atoms with Crippen molar-refractivity contribution in [3.05, 3.63) is 0 Å². The zero-order valence-electron chi connectivity index (χ0n) is 11.5. The standard InChI is InChI=1S/C14H24F3NO/c1-2-18-13(10-7-8-19-9-10)11-5-3-4-6-12(11)14(15,16)17/h10-13,18H,2-9H2,1H3. The van der Waals surface area contributed by atoms with Crippen molar-refractivity contribution in [2.45, 2.75) is 51.2 Å². The van der Waals surface area contributed by atoms with Crippen molar-refractivity contribution in [3.8, 4) is 0 Å². The Balaban J connectivity index is 2.12. The zero-order chi connectivity index (χ0) is 13.9. The molecular weight excluding hydrogens is 255 g/mol. The third-order valence-corrected chi connectivity index (χ3v) is 4.61. The number of rotatable bonds is 4. The minimum Gasteiger partial charge on any atom is -0.381 e. The number of hydrogen-bond acceptors (Lipinski definition) is 2. The molecule has 19 heavy (non-hydrogen) atoms. The van der Waals surface area contributed by atoms with Crippen LogP contribution < -0.4 is 5.32 Å². The van der Waals surface area contributed by atoms with Crippen molar-refractivity contribution in [1.29, 1.82) is 0 Å². The fraction of sp³-hybridized carbons (Fsp3) is 1.00. The van der Waals surface area contributed by atoms with Crippen LogP contribution in [-0.2, 0) is 4.74 Å². The van der Waals surface area contributed by atoms with Crippen LogP contribution in [0.25, 0.3) is 0 Å². The van der Waals surface area contributed by atoms with Crippen LogP contribution in [0.3, 0.4) is 0 Å². The van der Waals surface area contributed by atoms with Gasteiger partial charge in [-0.2, -0.15) is 13.2 Å². The molecule has 0 bridgehead atoms. The Labute approximate surface area is 113 Å². The molecule has 1 N–H and O–H groups in total. The van der Waals surface area contributed by atoms with Crippen LogP contribution in [0.5, 0.6) is 0 Å². The Hall–Kier alpha value is -0.290. The van der Waals surface area contributed by atoms with Gasteiger partial charge in [-0.05, 0) is 31.7 Å². The molecule has 2 aliphatic rings. The van der Waals surface area contributed by atoms with E-state index >= 15 is 0 Å². The highest BCUT2D eigenvalue weighted by atomic mass is 19.4. The second-order valence-electron chi connectivity index (χ2n) is 5.80. The van der Waals surface area contributed by atoms with Gasteiger partial charge in [0.05, 0.1) is 12.5 Å². The van der Waals surface area contributed by atoms with Gasteiger partial charge in [-0.25, -0.2) is 0 Å². The molecule has 0 amide bonds. The summed E-state index contributed by atoms with van der Waals surface area (Å²) in [6, 6.07) is -0.0422. The topological polar surface area (TPSA) is 21.3 Å². The maximum Gasteiger partial charge on any atom is 0.392 e. The van der Waals surface area contributed by atoms with E-state index in [9.17, 15) is 13.2 Å². The molecule has 4 unspecified atom stereocenters. The summed E-state index contributed by atoms with van der Waals surface area (Å²) in [5.74, 6) is -1.17. The molecule has 1 saturated carbocycles. The molecule has 0 aromatic heterocycles. The van der Waals surface area contributed by atoms with Gasteiger partial charge in [-0.1, -0.05) is 19.8 Å². The first-order valence-corrected chi connectivity index (χ1v) is 7.42. The summed E-state index contributed by atoms with van der Waals surface area (Å²) >= 11 is 0. The van der Waals surface area contributed by atoms with Crippen LogP contribution in [0, 0.1) is 17.8 Å². The van der Waals surface area contributed by atoms with E-state index in [1.54, 1.807) is 0 Å². The van der Waals surface area contributed by atoms with Crippen LogP contribution in [0.15, 0.2) is 0 Å². The minimum absolute atomic E-state index is 0.0422. The van der Waals surface area contributed by atoms with Gasteiger partial charge in [0.2, 0.25) is 0 Å². The zero-order valence-corrected chi connectivity index (χ0v) is 11.5.